The van der Waals surface area contributed by atoms with Crippen LogP contribution in [0.1, 0.15) is 21.5 Å². The van der Waals surface area contributed by atoms with Crippen molar-refractivity contribution in [3.8, 4) is 0 Å². The number of hydrazine groups is 1. The van der Waals surface area contributed by atoms with E-state index in [-0.39, 0.29) is 5.56 Å². The van der Waals surface area contributed by atoms with E-state index in [0.717, 1.165) is 11.1 Å². The van der Waals surface area contributed by atoms with Crippen LogP contribution in [0.4, 0.5) is 10.1 Å². The van der Waals surface area contributed by atoms with Crippen molar-refractivity contribution in [1.82, 2.24) is 5.01 Å². The lowest BCUT2D eigenvalue weighted by Crippen LogP contribution is -2.22. The Labute approximate surface area is 115 Å². The Balaban J connectivity index is 1.80. The van der Waals surface area contributed by atoms with Crippen molar-refractivity contribution in [3.63, 3.8) is 0 Å². The SMILES string of the molecule is O=C(O)c1cc2c(cc1F)CN(Cc1ccccc1)N2. The molecule has 5 heteroatoms. The Kier molecular flexibility index (Phi) is 3.12. The summed E-state index contributed by atoms with van der Waals surface area (Å²) >= 11 is 0. The normalized spacial score (nSPS) is 13.8. The number of aromatic carboxylic acids is 1. The molecular formula is C15H13FN2O2. The molecule has 0 atom stereocenters. The monoisotopic (exact) mass is 272 g/mol. The molecule has 0 bridgehead atoms. The van der Waals surface area contributed by atoms with Gasteiger partial charge in [0.1, 0.15) is 5.82 Å². The number of hydrogen-bond acceptors (Lipinski definition) is 3. The fourth-order valence-corrected chi connectivity index (χ4v) is 2.33. The maximum absolute atomic E-state index is 13.6. The molecular weight excluding hydrogens is 259 g/mol. The number of anilines is 1. The molecule has 102 valence electrons. The minimum atomic E-state index is -1.26. The largest absolute Gasteiger partial charge is 0.478 e. The van der Waals surface area contributed by atoms with E-state index < -0.39 is 11.8 Å². The number of carboxylic acids is 1. The molecule has 1 aliphatic rings. The van der Waals surface area contributed by atoms with Gasteiger partial charge in [0.05, 0.1) is 11.3 Å². The van der Waals surface area contributed by atoms with Gasteiger partial charge in [-0.05, 0) is 23.3 Å². The van der Waals surface area contributed by atoms with Crippen LogP contribution in [0.15, 0.2) is 42.5 Å². The topological polar surface area (TPSA) is 52.6 Å². The summed E-state index contributed by atoms with van der Waals surface area (Å²) in [5.41, 5.74) is 5.35. The number of rotatable bonds is 3. The zero-order chi connectivity index (χ0) is 14.1. The number of carbonyl (C=O) groups is 1. The van der Waals surface area contributed by atoms with Gasteiger partial charge in [-0.2, -0.15) is 0 Å². The van der Waals surface area contributed by atoms with Crippen molar-refractivity contribution in [1.29, 1.82) is 0 Å². The van der Waals surface area contributed by atoms with Gasteiger partial charge in [0.2, 0.25) is 0 Å². The molecule has 0 radical (unpaired) electrons. The number of nitrogens with zero attached hydrogens (tertiary/aromatic N) is 1. The van der Waals surface area contributed by atoms with Crippen LogP contribution in [-0.2, 0) is 13.1 Å². The number of benzene rings is 2. The van der Waals surface area contributed by atoms with Crippen molar-refractivity contribution in [3.05, 3.63) is 65.0 Å². The fraction of sp³-hybridized carbons (Fsp3) is 0.133. The summed E-state index contributed by atoms with van der Waals surface area (Å²) in [4.78, 5) is 10.9. The highest BCUT2D eigenvalue weighted by Gasteiger charge is 2.22. The molecule has 0 aromatic heterocycles. The first-order valence-electron chi connectivity index (χ1n) is 6.25. The van der Waals surface area contributed by atoms with Gasteiger partial charge in [-0.15, -0.1) is 0 Å². The zero-order valence-corrected chi connectivity index (χ0v) is 10.6. The van der Waals surface area contributed by atoms with Crippen LogP contribution in [-0.4, -0.2) is 16.1 Å². The number of carboxylic acid groups (broad SMARTS) is 1. The van der Waals surface area contributed by atoms with E-state index >= 15 is 0 Å². The summed E-state index contributed by atoms with van der Waals surface area (Å²) in [6, 6.07) is 12.5. The van der Waals surface area contributed by atoms with E-state index in [1.807, 2.05) is 35.3 Å². The Morgan fingerprint density at radius 2 is 2.05 bits per heavy atom. The predicted octanol–water partition coefficient (Wildman–Crippen LogP) is 2.87. The van der Waals surface area contributed by atoms with Crippen molar-refractivity contribution < 1.29 is 14.3 Å². The average molecular weight is 272 g/mol. The summed E-state index contributed by atoms with van der Waals surface area (Å²) < 4.78 is 13.6. The summed E-state index contributed by atoms with van der Waals surface area (Å²) in [5, 5.41) is 10.8. The summed E-state index contributed by atoms with van der Waals surface area (Å²) in [6.45, 7) is 1.21. The lowest BCUT2D eigenvalue weighted by Gasteiger charge is -2.15. The summed E-state index contributed by atoms with van der Waals surface area (Å²) in [6.07, 6.45) is 0. The molecule has 0 fully saturated rings. The molecule has 0 aliphatic carbocycles. The summed E-state index contributed by atoms with van der Waals surface area (Å²) in [7, 11) is 0. The Hall–Kier alpha value is -2.40. The van der Waals surface area contributed by atoms with E-state index in [0.29, 0.717) is 18.8 Å². The second kappa shape index (κ2) is 4.94. The molecule has 0 saturated carbocycles. The molecule has 1 heterocycles. The third-order valence-corrected chi connectivity index (χ3v) is 3.28. The zero-order valence-electron chi connectivity index (χ0n) is 10.6. The molecule has 1 aliphatic heterocycles. The van der Waals surface area contributed by atoms with Gasteiger partial charge in [-0.25, -0.2) is 14.2 Å². The quantitative estimate of drug-likeness (QED) is 0.902. The first kappa shape index (κ1) is 12.6. The maximum Gasteiger partial charge on any atom is 0.338 e. The standard InChI is InChI=1S/C15H13FN2O2/c16-13-6-11-9-18(8-10-4-2-1-3-5-10)17-14(11)7-12(13)15(19)20/h1-7,17H,8-9H2,(H,19,20). The van der Waals surface area contributed by atoms with Gasteiger partial charge in [-0.1, -0.05) is 30.3 Å². The molecule has 20 heavy (non-hydrogen) atoms. The van der Waals surface area contributed by atoms with Gasteiger partial charge >= 0.3 is 5.97 Å². The van der Waals surface area contributed by atoms with Crippen LogP contribution in [0.3, 0.4) is 0 Å². The van der Waals surface area contributed by atoms with Crippen LogP contribution in [0, 0.1) is 5.82 Å². The molecule has 0 unspecified atom stereocenters. The second-order valence-electron chi connectivity index (χ2n) is 4.75. The lowest BCUT2D eigenvalue weighted by atomic mass is 10.1. The molecule has 4 nitrogen and oxygen atoms in total. The van der Waals surface area contributed by atoms with Crippen molar-refractivity contribution in [2.75, 3.05) is 5.43 Å². The van der Waals surface area contributed by atoms with Gasteiger partial charge < -0.3 is 10.5 Å². The van der Waals surface area contributed by atoms with E-state index in [4.69, 9.17) is 5.11 Å². The third kappa shape index (κ3) is 2.35. The van der Waals surface area contributed by atoms with Crippen LogP contribution >= 0.6 is 0 Å². The van der Waals surface area contributed by atoms with E-state index in [1.165, 1.54) is 12.1 Å². The minimum absolute atomic E-state index is 0.308. The molecule has 0 amide bonds. The molecule has 2 aromatic rings. The molecule has 2 aromatic carbocycles. The van der Waals surface area contributed by atoms with Crippen molar-refractivity contribution in [2.45, 2.75) is 13.1 Å². The highest BCUT2D eigenvalue weighted by Crippen LogP contribution is 2.29. The Bertz CT molecular complexity index is 658. The van der Waals surface area contributed by atoms with Gasteiger partial charge in [-0.3, -0.25) is 0 Å². The van der Waals surface area contributed by atoms with E-state index in [1.54, 1.807) is 0 Å². The van der Waals surface area contributed by atoms with Crippen LogP contribution in [0.2, 0.25) is 0 Å². The smallest absolute Gasteiger partial charge is 0.338 e. The van der Waals surface area contributed by atoms with Crippen LogP contribution in [0.25, 0.3) is 0 Å². The number of hydrogen-bond donors (Lipinski definition) is 2. The second-order valence-corrected chi connectivity index (χ2v) is 4.75. The van der Waals surface area contributed by atoms with E-state index in [9.17, 15) is 9.18 Å². The maximum atomic E-state index is 13.6. The molecule has 0 saturated heterocycles. The highest BCUT2D eigenvalue weighted by atomic mass is 19.1. The summed E-state index contributed by atoms with van der Waals surface area (Å²) in [5.74, 6) is -1.95. The first-order chi connectivity index (χ1) is 9.63. The first-order valence-corrected chi connectivity index (χ1v) is 6.25. The van der Waals surface area contributed by atoms with E-state index in [2.05, 4.69) is 5.43 Å². The molecule has 3 rings (SSSR count). The van der Waals surface area contributed by atoms with Gasteiger partial charge in [0, 0.05) is 13.1 Å². The highest BCUT2D eigenvalue weighted by molar-refractivity contribution is 5.89. The number of halogens is 1. The minimum Gasteiger partial charge on any atom is -0.478 e. The predicted molar refractivity (Wildman–Crippen MR) is 72.7 cm³/mol. The number of fused-ring (bicyclic) bond motifs is 1. The van der Waals surface area contributed by atoms with Crippen LogP contribution in [0.5, 0.6) is 0 Å². The Morgan fingerprint density at radius 1 is 1.30 bits per heavy atom. The average Bonchev–Trinajstić information content (AvgIpc) is 2.79. The third-order valence-electron chi connectivity index (χ3n) is 3.28. The van der Waals surface area contributed by atoms with Crippen molar-refractivity contribution in [2.24, 2.45) is 0 Å². The Morgan fingerprint density at radius 3 is 2.75 bits per heavy atom. The molecule has 0 spiro atoms. The fourth-order valence-electron chi connectivity index (χ4n) is 2.33. The van der Waals surface area contributed by atoms with Gasteiger partial charge in [0.15, 0.2) is 0 Å². The van der Waals surface area contributed by atoms with Crippen LogP contribution < -0.4 is 5.43 Å². The number of nitrogens with one attached hydrogen (secondary N) is 1. The van der Waals surface area contributed by atoms with Crippen molar-refractivity contribution >= 4 is 11.7 Å². The molecule has 2 N–H and O–H groups in total. The lowest BCUT2D eigenvalue weighted by molar-refractivity contribution is 0.0692. The van der Waals surface area contributed by atoms with Gasteiger partial charge in [0.25, 0.3) is 0 Å².